The molecule has 0 unspecified atom stereocenters. The zero-order chi connectivity index (χ0) is 11.9. The summed E-state index contributed by atoms with van der Waals surface area (Å²) in [6.45, 7) is 6.28. The van der Waals surface area contributed by atoms with Gasteiger partial charge in [-0.2, -0.15) is 0 Å². The molecule has 0 aromatic carbocycles. The Bertz CT molecular complexity index is 327. The first-order valence-electron chi connectivity index (χ1n) is 6.14. The summed E-state index contributed by atoms with van der Waals surface area (Å²) in [6, 6.07) is 3.85. The Balaban J connectivity index is 1.68. The molecule has 1 aliphatic rings. The number of hydrogen-bond acceptors (Lipinski definition) is 4. The highest BCUT2D eigenvalue weighted by Gasteiger charge is 2.14. The second kappa shape index (κ2) is 6.59. The molecule has 1 aliphatic heterocycles. The lowest BCUT2D eigenvalue weighted by Gasteiger charge is -2.33. The molecule has 0 saturated carbocycles. The third kappa shape index (κ3) is 4.00. The average molecular weight is 236 g/mol. The third-order valence-corrected chi connectivity index (χ3v) is 3.07. The number of aliphatic hydroxyl groups excluding tert-OH is 1. The van der Waals surface area contributed by atoms with Gasteiger partial charge in [-0.3, -0.25) is 9.80 Å². The van der Waals surface area contributed by atoms with Crippen LogP contribution >= 0.6 is 0 Å². The van der Waals surface area contributed by atoms with Gasteiger partial charge in [0.1, 0.15) is 5.76 Å². The summed E-state index contributed by atoms with van der Waals surface area (Å²) in [6.07, 6.45) is 5.84. The first-order chi connectivity index (χ1) is 8.38. The minimum absolute atomic E-state index is 0.262. The van der Waals surface area contributed by atoms with Gasteiger partial charge in [0, 0.05) is 39.3 Å². The summed E-state index contributed by atoms with van der Waals surface area (Å²) in [4.78, 5) is 4.71. The van der Waals surface area contributed by atoms with Crippen molar-refractivity contribution in [2.24, 2.45) is 0 Å². The molecule has 0 spiro atoms. The van der Waals surface area contributed by atoms with Gasteiger partial charge in [-0.15, -0.1) is 0 Å². The molecular formula is C13H20N2O2. The van der Waals surface area contributed by atoms with Crippen LogP contribution in [-0.4, -0.2) is 60.8 Å². The number of rotatable bonds is 5. The van der Waals surface area contributed by atoms with Crippen LogP contribution in [0.1, 0.15) is 5.76 Å². The van der Waals surface area contributed by atoms with Crippen molar-refractivity contribution < 1.29 is 9.52 Å². The number of furan rings is 1. The van der Waals surface area contributed by atoms with Crippen molar-refractivity contribution in [1.82, 2.24) is 9.80 Å². The van der Waals surface area contributed by atoms with Crippen molar-refractivity contribution in [3.05, 3.63) is 30.2 Å². The Morgan fingerprint density at radius 1 is 1.24 bits per heavy atom. The van der Waals surface area contributed by atoms with E-state index in [0.29, 0.717) is 0 Å². The standard InChI is InChI=1S/C13H20N2O2/c16-11-10-15-8-6-14(7-9-15)5-1-3-13-4-2-12-17-13/h1-4,12,16H,5-11H2. The highest BCUT2D eigenvalue weighted by Crippen LogP contribution is 2.04. The molecule has 4 nitrogen and oxygen atoms in total. The predicted molar refractivity (Wildman–Crippen MR) is 67.7 cm³/mol. The minimum atomic E-state index is 0.262. The van der Waals surface area contributed by atoms with Crippen LogP contribution in [-0.2, 0) is 0 Å². The molecule has 94 valence electrons. The lowest BCUT2D eigenvalue weighted by Crippen LogP contribution is -2.47. The summed E-state index contributed by atoms with van der Waals surface area (Å²) in [7, 11) is 0. The average Bonchev–Trinajstić information content (AvgIpc) is 2.85. The third-order valence-electron chi connectivity index (χ3n) is 3.07. The topological polar surface area (TPSA) is 39.9 Å². The SMILES string of the molecule is OCCN1CCN(CC=Cc2ccco2)CC1. The highest BCUT2D eigenvalue weighted by molar-refractivity contribution is 5.42. The van der Waals surface area contributed by atoms with E-state index in [1.165, 1.54) is 0 Å². The van der Waals surface area contributed by atoms with Gasteiger partial charge in [0.25, 0.3) is 0 Å². The zero-order valence-electron chi connectivity index (χ0n) is 10.1. The number of nitrogens with zero attached hydrogens (tertiary/aromatic N) is 2. The van der Waals surface area contributed by atoms with Crippen molar-refractivity contribution in [2.45, 2.75) is 0 Å². The molecule has 1 N–H and O–H groups in total. The molecule has 1 aromatic heterocycles. The van der Waals surface area contributed by atoms with Gasteiger partial charge in [-0.1, -0.05) is 6.08 Å². The zero-order valence-corrected chi connectivity index (χ0v) is 10.1. The Hall–Kier alpha value is -1.10. The van der Waals surface area contributed by atoms with Gasteiger partial charge in [0.15, 0.2) is 0 Å². The van der Waals surface area contributed by atoms with E-state index in [2.05, 4.69) is 15.9 Å². The van der Waals surface area contributed by atoms with Crippen LogP contribution in [0.25, 0.3) is 6.08 Å². The smallest absolute Gasteiger partial charge is 0.126 e. The Morgan fingerprint density at radius 2 is 2.00 bits per heavy atom. The van der Waals surface area contributed by atoms with Gasteiger partial charge in [0.2, 0.25) is 0 Å². The van der Waals surface area contributed by atoms with E-state index in [4.69, 9.17) is 9.52 Å². The maximum Gasteiger partial charge on any atom is 0.126 e. The molecule has 0 radical (unpaired) electrons. The minimum Gasteiger partial charge on any atom is -0.465 e. The maximum atomic E-state index is 8.85. The number of hydrogen-bond donors (Lipinski definition) is 1. The molecule has 1 saturated heterocycles. The molecular weight excluding hydrogens is 216 g/mol. The molecule has 1 aromatic rings. The quantitative estimate of drug-likeness (QED) is 0.824. The summed E-state index contributed by atoms with van der Waals surface area (Å²) in [5, 5.41) is 8.85. The molecule has 2 heterocycles. The van der Waals surface area contributed by atoms with Crippen LogP contribution in [0.2, 0.25) is 0 Å². The molecule has 0 amide bonds. The fourth-order valence-electron chi connectivity index (χ4n) is 2.04. The summed E-state index contributed by atoms with van der Waals surface area (Å²) in [5.74, 6) is 0.906. The van der Waals surface area contributed by atoms with E-state index >= 15 is 0 Å². The highest BCUT2D eigenvalue weighted by atomic mass is 16.3. The normalized spacial score (nSPS) is 19.1. The second-order valence-corrected chi connectivity index (χ2v) is 4.28. The molecule has 17 heavy (non-hydrogen) atoms. The van der Waals surface area contributed by atoms with E-state index in [1.54, 1.807) is 6.26 Å². The van der Waals surface area contributed by atoms with Crippen molar-refractivity contribution in [3.8, 4) is 0 Å². The summed E-state index contributed by atoms with van der Waals surface area (Å²) in [5.41, 5.74) is 0. The molecule has 0 aliphatic carbocycles. The van der Waals surface area contributed by atoms with Crippen LogP contribution in [0.3, 0.4) is 0 Å². The van der Waals surface area contributed by atoms with Crippen LogP contribution in [0, 0.1) is 0 Å². The number of β-amino-alcohol motifs (C(OH)–C–C–N with tert-alkyl or cyclic N) is 1. The lowest BCUT2D eigenvalue weighted by molar-refractivity contribution is 0.120. The van der Waals surface area contributed by atoms with Crippen molar-refractivity contribution in [3.63, 3.8) is 0 Å². The van der Waals surface area contributed by atoms with Gasteiger partial charge in [-0.05, 0) is 18.2 Å². The van der Waals surface area contributed by atoms with Crippen molar-refractivity contribution in [1.29, 1.82) is 0 Å². The molecule has 1 fully saturated rings. The molecule has 2 rings (SSSR count). The van der Waals surface area contributed by atoms with Gasteiger partial charge in [0.05, 0.1) is 12.9 Å². The monoisotopic (exact) mass is 236 g/mol. The van der Waals surface area contributed by atoms with E-state index in [1.807, 2.05) is 18.2 Å². The Kier molecular flexibility index (Phi) is 4.79. The van der Waals surface area contributed by atoms with Crippen LogP contribution in [0.15, 0.2) is 28.9 Å². The van der Waals surface area contributed by atoms with Gasteiger partial charge >= 0.3 is 0 Å². The summed E-state index contributed by atoms with van der Waals surface area (Å²) >= 11 is 0. The van der Waals surface area contributed by atoms with E-state index in [9.17, 15) is 0 Å². The molecule has 0 bridgehead atoms. The molecule has 0 atom stereocenters. The first kappa shape index (κ1) is 12.4. The Morgan fingerprint density at radius 3 is 2.65 bits per heavy atom. The number of piperazine rings is 1. The van der Waals surface area contributed by atoms with Gasteiger partial charge < -0.3 is 9.52 Å². The lowest BCUT2D eigenvalue weighted by atomic mass is 10.3. The van der Waals surface area contributed by atoms with Crippen LogP contribution < -0.4 is 0 Å². The van der Waals surface area contributed by atoms with E-state index < -0.39 is 0 Å². The largest absolute Gasteiger partial charge is 0.465 e. The Labute approximate surface area is 102 Å². The molecule has 4 heteroatoms. The fraction of sp³-hybridized carbons (Fsp3) is 0.538. The number of aliphatic hydroxyl groups is 1. The van der Waals surface area contributed by atoms with Gasteiger partial charge in [-0.25, -0.2) is 0 Å². The predicted octanol–water partition coefficient (Wildman–Crippen LogP) is 0.903. The van der Waals surface area contributed by atoms with Crippen molar-refractivity contribution in [2.75, 3.05) is 45.9 Å². The summed E-state index contributed by atoms with van der Waals surface area (Å²) < 4.78 is 5.23. The van der Waals surface area contributed by atoms with Crippen molar-refractivity contribution >= 4 is 6.08 Å². The van der Waals surface area contributed by atoms with E-state index in [-0.39, 0.29) is 6.61 Å². The second-order valence-electron chi connectivity index (χ2n) is 4.28. The van der Waals surface area contributed by atoms with Crippen LogP contribution in [0.5, 0.6) is 0 Å². The van der Waals surface area contributed by atoms with Crippen LogP contribution in [0.4, 0.5) is 0 Å². The maximum absolute atomic E-state index is 8.85. The van der Waals surface area contributed by atoms with E-state index in [0.717, 1.165) is 45.0 Å². The first-order valence-corrected chi connectivity index (χ1v) is 6.14. The fourth-order valence-corrected chi connectivity index (χ4v) is 2.04.